The summed E-state index contributed by atoms with van der Waals surface area (Å²) >= 11 is 0. The van der Waals surface area contributed by atoms with Gasteiger partial charge in [0.2, 0.25) is 0 Å². The molecule has 0 N–H and O–H groups in total. The van der Waals surface area contributed by atoms with E-state index in [0.717, 1.165) is 49.5 Å². The molecule has 0 aliphatic heterocycles. The summed E-state index contributed by atoms with van der Waals surface area (Å²) in [7, 11) is 0. The Morgan fingerprint density at radius 1 is 0.897 bits per heavy atom. The second kappa shape index (κ2) is 6.99. The molecular weight excluding hydrogens is 356 g/mol. The third-order valence-electron chi connectivity index (χ3n) is 5.24. The number of benzene rings is 4. The van der Waals surface area contributed by atoms with Gasteiger partial charge in [-0.25, -0.2) is 4.68 Å². The van der Waals surface area contributed by atoms with Crippen molar-refractivity contribution in [3.8, 4) is 5.69 Å². The van der Waals surface area contributed by atoms with Crippen molar-refractivity contribution in [2.45, 2.75) is 6.92 Å². The van der Waals surface area contributed by atoms with Gasteiger partial charge in [0.1, 0.15) is 5.52 Å². The monoisotopic (exact) mass is 376 g/mol. The molecule has 0 fully saturated rings. The predicted octanol–water partition coefficient (Wildman–Crippen LogP) is 5.72. The van der Waals surface area contributed by atoms with Crippen LogP contribution in [0.15, 0.2) is 90.4 Å². The molecule has 1 heterocycles. The third kappa shape index (κ3) is 2.64. The fourth-order valence-electron chi connectivity index (χ4n) is 4.06. The second-order valence-corrected chi connectivity index (χ2v) is 6.87. The zero-order valence-corrected chi connectivity index (χ0v) is 16.2. The van der Waals surface area contributed by atoms with E-state index >= 15 is 0 Å². The average molecular weight is 376 g/mol. The molecule has 0 spiro atoms. The van der Waals surface area contributed by atoms with Crippen molar-refractivity contribution in [2.75, 3.05) is 6.54 Å². The fraction of sp³-hybridized carbons (Fsp3) is 0.0800. The van der Waals surface area contributed by atoms with Gasteiger partial charge in [-0.1, -0.05) is 72.5 Å². The Morgan fingerprint density at radius 3 is 2.10 bits per heavy atom. The average Bonchev–Trinajstić information content (AvgIpc) is 3.20. The van der Waals surface area contributed by atoms with Gasteiger partial charge in [-0.15, -0.1) is 5.10 Å². The van der Waals surface area contributed by atoms with Crippen LogP contribution in [0.2, 0.25) is 0 Å². The second-order valence-electron chi connectivity index (χ2n) is 6.87. The van der Waals surface area contributed by atoms with Gasteiger partial charge in [-0.2, -0.15) is 0 Å². The highest BCUT2D eigenvalue weighted by Crippen LogP contribution is 2.36. The minimum atomic E-state index is 0.708. The van der Waals surface area contributed by atoms with Crippen molar-refractivity contribution < 1.29 is 0 Å². The van der Waals surface area contributed by atoms with Crippen LogP contribution < -0.4 is 0 Å². The number of hydrogen-bond donors (Lipinski definition) is 0. The molecule has 4 aromatic carbocycles. The van der Waals surface area contributed by atoms with E-state index in [4.69, 9.17) is 4.99 Å². The first-order chi connectivity index (χ1) is 14.3. The molecule has 0 aliphatic carbocycles. The Kier molecular flexibility index (Phi) is 4.17. The number of allylic oxidation sites excluding steroid dienone is 1. The summed E-state index contributed by atoms with van der Waals surface area (Å²) in [4.78, 5) is 4.72. The smallest absolute Gasteiger partial charge is 0.113 e. The van der Waals surface area contributed by atoms with Gasteiger partial charge in [0.05, 0.1) is 16.9 Å². The van der Waals surface area contributed by atoms with Crippen LogP contribution in [0, 0.1) is 0 Å². The van der Waals surface area contributed by atoms with Crippen molar-refractivity contribution in [2.24, 2.45) is 4.99 Å². The van der Waals surface area contributed by atoms with Crippen molar-refractivity contribution in [1.82, 2.24) is 15.0 Å². The number of aliphatic imine (C=N–C) groups is 1. The van der Waals surface area contributed by atoms with Crippen LogP contribution in [-0.2, 0) is 0 Å². The Bertz CT molecular complexity index is 1350. The molecule has 0 saturated heterocycles. The summed E-state index contributed by atoms with van der Waals surface area (Å²) in [5, 5.41) is 13.4. The predicted molar refractivity (Wildman–Crippen MR) is 121 cm³/mol. The lowest BCUT2D eigenvalue weighted by Crippen LogP contribution is -2.05. The van der Waals surface area contributed by atoms with Crippen LogP contribution in [0.5, 0.6) is 0 Å². The van der Waals surface area contributed by atoms with E-state index in [-0.39, 0.29) is 0 Å². The number of nitrogens with zero attached hydrogens (tertiary/aromatic N) is 4. The quantitative estimate of drug-likeness (QED) is 0.297. The van der Waals surface area contributed by atoms with E-state index in [1.54, 1.807) is 0 Å². The van der Waals surface area contributed by atoms with Crippen molar-refractivity contribution in [3.63, 3.8) is 0 Å². The van der Waals surface area contributed by atoms with E-state index in [1.165, 1.54) is 0 Å². The lowest BCUT2D eigenvalue weighted by Gasteiger charge is -2.17. The molecule has 0 atom stereocenters. The fourth-order valence-corrected chi connectivity index (χ4v) is 4.06. The molecular formula is C25H20N4. The Morgan fingerprint density at radius 2 is 1.48 bits per heavy atom. The van der Waals surface area contributed by atoms with Crippen LogP contribution in [0.3, 0.4) is 0 Å². The summed E-state index contributed by atoms with van der Waals surface area (Å²) < 4.78 is 1.95. The van der Waals surface area contributed by atoms with Crippen molar-refractivity contribution in [1.29, 1.82) is 0 Å². The molecule has 0 aliphatic rings. The maximum Gasteiger partial charge on any atom is 0.113 e. The SMILES string of the molecule is C=C/C(=N\CC)c1c2ccccc2c(-n2nnc3ccccc32)c2ccccc12. The van der Waals surface area contributed by atoms with Crippen LogP contribution >= 0.6 is 0 Å². The molecule has 1 aromatic heterocycles. The maximum absolute atomic E-state index is 4.72. The van der Waals surface area contributed by atoms with Crippen LogP contribution in [0.4, 0.5) is 0 Å². The summed E-state index contributed by atoms with van der Waals surface area (Å²) in [5.41, 5.74) is 4.93. The lowest BCUT2D eigenvalue weighted by atomic mass is 9.92. The van der Waals surface area contributed by atoms with Crippen LogP contribution in [-0.4, -0.2) is 27.3 Å². The first-order valence-electron chi connectivity index (χ1n) is 9.75. The number of fused-ring (bicyclic) bond motifs is 3. The molecule has 0 bridgehead atoms. The van der Waals surface area contributed by atoms with E-state index in [9.17, 15) is 0 Å². The van der Waals surface area contributed by atoms with E-state index in [1.807, 2.05) is 35.9 Å². The van der Waals surface area contributed by atoms with Crippen LogP contribution in [0.25, 0.3) is 38.3 Å². The van der Waals surface area contributed by atoms with Gasteiger partial charge in [0.15, 0.2) is 0 Å². The highest BCUT2D eigenvalue weighted by molar-refractivity contribution is 6.27. The third-order valence-corrected chi connectivity index (χ3v) is 5.24. The van der Waals surface area contributed by atoms with Gasteiger partial charge in [0.25, 0.3) is 0 Å². The summed E-state index contributed by atoms with van der Waals surface area (Å²) in [6.45, 7) is 6.78. The zero-order chi connectivity index (χ0) is 19.8. The molecule has 0 saturated carbocycles. The first kappa shape index (κ1) is 17.3. The first-order valence-corrected chi connectivity index (χ1v) is 9.75. The van der Waals surface area contributed by atoms with Crippen molar-refractivity contribution >= 4 is 38.3 Å². The number of rotatable bonds is 4. The molecule has 0 unspecified atom stereocenters. The van der Waals surface area contributed by atoms with E-state index in [2.05, 4.69) is 71.5 Å². The molecule has 5 aromatic rings. The Labute approximate surface area is 168 Å². The van der Waals surface area contributed by atoms with Gasteiger partial charge >= 0.3 is 0 Å². The normalized spacial score (nSPS) is 12.1. The molecule has 29 heavy (non-hydrogen) atoms. The number of hydrogen-bond acceptors (Lipinski definition) is 3. The minimum absolute atomic E-state index is 0.708. The standard InChI is InChI=1S/C25H20N4/c1-3-21(26-4-2)24-17-11-5-7-13-19(17)25(20-14-8-6-12-18(20)24)29-23-16-10-9-15-22(23)27-28-29/h3,5-16H,1,4H2,2H3/b26-21+. The van der Waals surface area contributed by atoms with E-state index in [0.29, 0.717) is 6.54 Å². The molecule has 0 amide bonds. The summed E-state index contributed by atoms with van der Waals surface area (Å²) in [6.07, 6.45) is 1.85. The van der Waals surface area contributed by atoms with E-state index < -0.39 is 0 Å². The lowest BCUT2D eigenvalue weighted by molar-refractivity contribution is 0.833. The summed E-state index contributed by atoms with van der Waals surface area (Å²) in [5.74, 6) is 0. The van der Waals surface area contributed by atoms with Gasteiger partial charge in [0, 0.05) is 22.9 Å². The largest absolute Gasteiger partial charge is 0.285 e. The Balaban J connectivity index is 2.01. The molecule has 140 valence electrons. The summed E-state index contributed by atoms with van der Waals surface area (Å²) in [6, 6.07) is 24.9. The molecule has 0 radical (unpaired) electrons. The van der Waals surface area contributed by atoms with Gasteiger partial charge in [-0.05, 0) is 35.9 Å². The highest BCUT2D eigenvalue weighted by atomic mass is 15.4. The topological polar surface area (TPSA) is 43.1 Å². The molecule has 4 heteroatoms. The Hall–Kier alpha value is -3.79. The molecule has 5 rings (SSSR count). The molecule has 4 nitrogen and oxygen atoms in total. The van der Waals surface area contributed by atoms with Gasteiger partial charge in [-0.3, -0.25) is 4.99 Å². The number of aromatic nitrogens is 3. The van der Waals surface area contributed by atoms with Gasteiger partial charge < -0.3 is 0 Å². The number of para-hydroxylation sites is 1. The highest BCUT2D eigenvalue weighted by Gasteiger charge is 2.19. The maximum atomic E-state index is 4.72. The zero-order valence-electron chi connectivity index (χ0n) is 16.2. The minimum Gasteiger partial charge on any atom is -0.285 e. The van der Waals surface area contributed by atoms with Crippen molar-refractivity contribution in [3.05, 3.63) is 91.0 Å². The van der Waals surface area contributed by atoms with Crippen LogP contribution in [0.1, 0.15) is 12.5 Å².